The Kier molecular flexibility index (Phi) is 5.90. The van der Waals surface area contributed by atoms with Crippen LogP contribution in [-0.4, -0.2) is 13.2 Å². The molecule has 0 saturated heterocycles. The van der Waals surface area contributed by atoms with Crippen LogP contribution in [0.25, 0.3) is 0 Å². The lowest BCUT2D eigenvalue weighted by Crippen LogP contribution is -2.21. The molecule has 0 unspecified atom stereocenters. The lowest BCUT2D eigenvalue weighted by atomic mass is 10.1. The number of ether oxygens (including phenoxy) is 1. The van der Waals surface area contributed by atoms with Crippen LogP contribution < -0.4 is 10.1 Å². The topological polar surface area (TPSA) is 21.3 Å². The van der Waals surface area contributed by atoms with Gasteiger partial charge in [0.1, 0.15) is 5.75 Å². The van der Waals surface area contributed by atoms with Gasteiger partial charge in [-0.2, -0.15) is 0 Å². The van der Waals surface area contributed by atoms with E-state index in [1.807, 2.05) is 48.5 Å². The summed E-state index contributed by atoms with van der Waals surface area (Å²) in [5.41, 5.74) is 1.14. The molecule has 1 atom stereocenters. The number of nitrogens with one attached hydrogen (secondary N) is 1. The van der Waals surface area contributed by atoms with Crippen LogP contribution in [0.3, 0.4) is 0 Å². The largest absolute Gasteiger partial charge is 0.494 e. The first-order valence-electron chi connectivity index (χ1n) is 6.93. The summed E-state index contributed by atoms with van der Waals surface area (Å²) in [6.45, 7) is 3.74. The number of halogens is 1. The maximum Gasteiger partial charge on any atom is 0.119 e. The van der Waals surface area contributed by atoms with Crippen LogP contribution in [0.1, 0.15) is 24.9 Å². The van der Waals surface area contributed by atoms with Crippen molar-refractivity contribution < 1.29 is 4.74 Å². The van der Waals surface area contributed by atoms with Crippen LogP contribution in [0.5, 0.6) is 5.75 Å². The van der Waals surface area contributed by atoms with E-state index in [4.69, 9.17) is 16.3 Å². The maximum atomic E-state index is 6.17. The van der Waals surface area contributed by atoms with Crippen molar-refractivity contribution in [1.29, 1.82) is 0 Å². The molecule has 0 aromatic heterocycles. The molecule has 0 aliphatic heterocycles. The summed E-state index contributed by atoms with van der Waals surface area (Å²) in [7, 11) is 0. The van der Waals surface area contributed by atoms with Crippen molar-refractivity contribution in [2.75, 3.05) is 13.2 Å². The van der Waals surface area contributed by atoms with Gasteiger partial charge in [-0.15, -0.1) is 0 Å². The number of rotatable bonds is 7. The van der Waals surface area contributed by atoms with Crippen LogP contribution in [0.2, 0.25) is 5.02 Å². The second-order valence-electron chi connectivity index (χ2n) is 4.71. The van der Waals surface area contributed by atoms with Gasteiger partial charge in [-0.05, 0) is 43.7 Å². The van der Waals surface area contributed by atoms with Gasteiger partial charge in [-0.25, -0.2) is 0 Å². The Hall–Kier alpha value is -1.51. The zero-order valence-electron chi connectivity index (χ0n) is 11.7. The highest BCUT2D eigenvalue weighted by Crippen LogP contribution is 2.21. The average molecular weight is 290 g/mol. The molecular weight excluding hydrogens is 270 g/mol. The molecule has 3 heteroatoms. The summed E-state index contributed by atoms with van der Waals surface area (Å²) in [5.74, 6) is 0.923. The minimum Gasteiger partial charge on any atom is -0.494 e. The van der Waals surface area contributed by atoms with E-state index in [-0.39, 0.29) is 6.04 Å². The average Bonchev–Trinajstić information content (AvgIpc) is 2.48. The van der Waals surface area contributed by atoms with Gasteiger partial charge in [0.2, 0.25) is 0 Å². The summed E-state index contributed by atoms with van der Waals surface area (Å²) < 4.78 is 5.65. The molecule has 0 amide bonds. The fourth-order valence-corrected chi connectivity index (χ4v) is 2.33. The molecule has 2 aromatic carbocycles. The van der Waals surface area contributed by atoms with E-state index in [0.717, 1.165) is 29.3 Å². The van der Waals surface area contributed by atoms with E-state index >= 15 is 0 Å². The van der Waals surface area contributed by atoms with Crippen LogP contribution in [0.4, 0.5) is 0 Å². The Morgan fingerprint density at radius 3 is 2.50 bits per heavy atom. The molecule has 0 spiro atoms. The molecule has 0 fully saturated rings. The number of para-hydroxylation sites is 1. The monoisotopic (exact) mass is 289 g/mol. The zero-order valence-corrected chi connectivity index (χ0v) is 12.4. The Morgan fingerprint density at radius 1 is 1.05 bits per heavy atom. The minimum atomic E-state index is 0.250. The molecule has 2 aromatic rings. The third-order valence-corrected chi connectivity index (χ3v) is 3.50. The SMILES string of the molecule is C[C@H](NCCCOc1ccccc1)c1ccccc1Cl. The van der Waals surface area contributed by atoms with Gasteiger partial charge in [-0.3, -0.25) is 0 Å². The summed E-state index contributed by atoms with van der Waals surface area (Å²) >= 11 is 6.17. The van der Waals surface area contributed by atoms with E-state index < -0.39 is 0 Å². The molecule has 2 rings (SSSR count). The first-order valence-corrected chi connectivity index (χ1v) is 7.31. The fourth-order valence-electron chi connectivity index (χ4n) is 2.03. The molecule has 0 aliphatic carbocycles. The van der Waals surface area contributed by atoms with Crippen LogP contribution in [0, 0.1) is 0 Å². The van der Waals surface area contributed by atoms with Crippen LogP contribution in [-0.2, 0) is 0 Å². The smallest absolute Gasteiger partial charge is 0.119 e. The second-order valence-corrected chi connectivity index (χ2v) is 5.12. The number of hydrogen-bond donors (Lipinski definition) is 1. The molecule has 2 nitrogen and oxygen atoms in total. The molecule has 0 saturated carbocycles. The van der Waals surface area contributed by atoms with Gasteiger partial charge in [0.15, 0.2) is 0 Å². The second kappa shape index (κ2) is 7.93. The van der Waals surface area contributed by atoms with Gasteiger partial charge in [-0.1, -0.05) is 48.0 Å². The Labute approximate surface area is 125 Å². The molecule has 0 heterocycles. The van der Waals surface area contributed by atoms with E-state index in [2.05, 4.69) is 18.3 Å². The third kappa shape index (κ3) is 4.55. The van der Waals surface area contributed by atoms with Gasteiger partial charge in [0, 0.05) is 11.1 Å². The highest BCUT2D eigenvalue weighted by molar-refractivity contribution is 6.31. The first kappa shape index (κ1) is 14.9. The Balaban J connectivity index is 1.67. The van der Waals surface area contributed by atoms with E-state index in [9.17, 15) is 0 Å². The summed E-state index contributed by atoms with van der Waals surface area (Å²) in [6, 6.07) is 18.1. The molecule has 1 N–H and O–H groups in total. The van der Waals surface area contributed by atoms with Crippen LogP contribution >= 0.6 is 11.6 Å². The highest BCUT2D eigenvalue weighted by Gasteiger charge is 2.07. The van der Waals surface area contributed by atoms with E-state index in [1.165, 1.54) is 0 Å². The summed E-state index contributed by atoms with van der Waals surface area (Å²) in [4.78, 5) is 0. The van der Waals surface area contributed by atoms with Crippen molar-refractivity contribution in [3.8, 4) is 5.75 Å². The zero-order chi connectivity index (χ0) is 14.2. The molecular formula is C17H20ClNO. The van der Waals surface area contributed by atoms with Crippen molar-refractivity contribution in [3.63, 3.8) is 0 Å². The fraction of sp³-hybridized carbons (Fsp3) is 0.294. The van der Waals surface area contributed by atoms with Crippen molar-refractivity contribution in [3.05, 3.63) is 65.2 Å². The normalized spacial score (nSPS) is 12.1. The van der Waals surface area contributed by atoms with Gasteiger partial charge < -0.3 is 10.1 Å². The number of benzene rings is 2. The van der Waals surface area contributed by atoms with Crippen molar-refractivity contribution in [2.24, 2.45) is 0 Å². The molecule has 0 radical (unpaired) electrons. The Bertz CT molecular complexity index is 515. The van der Waals surface area contributed by atoms with E-state index in [1.54, 1.807) is 0 Å². The molecule has 0 aliphatic rings. The standard InChI is InChI=1S/C17H20ClNO/c1-14(16-10-5-6-11-17(16)18)19-12-7-13-20-15-8-3-2-4-9-15/h2-6,8-11,14,19H,7,12-13H2,1H3/t14-/m0/s1. The molecule has 0 bridgehead atoms. The van der Waals surface area contributed by atoms with Crippen LogP contribution in [0.15, 0.2) is 54.6 Å². The molecule has 106 valence electrons. The highest BCUT2D eigenvalue weighted by atomic mass is 35.5. The lowest BCUT2D eigenvalue weighted by molar-refractivity contribution is 0.305. The molecule has 20 heavy (non-hydrogen) atoms. The van der Waals surface area contributed by atoms with Crippen molar-refractivity contribution in [2.45, 2.75) is 19.4 Å². The predicted octanol–water partition coefficient (Wildman–Crippen LogP) is 4.46. The quantitative estimate of drug-likeness (QED) is 0.760. The predicted molar refractivity (Wildman–Crippen MR) is 84.4 cm³/mol. The third-order valence-electron chi connectivity index (χ3n) is 3.16. The summed E-state index contributed by atoms with van der Waals surface area (Å²) in [5, 5.41) is 4.27. The van der Waals surface area contributed by atoms with Gasteiger partial charge in [0.25, 0.3) is 0 Å². The van der Waals surface area contributed by atoms with E-state index in [0.29, 0.717) is 6.61 Å². The minimum absolute atomic E-state index is 0.250. The lowest BCUT2D eigenvalue weighted by Gasteiger charge is -2.15. The number of hydrogen-bond acceptors (Lipinski definition) is 2. The van der Waals surface area contributed by atoms with Gasteiger partial charge >= 0.3 is 0 Å². The maximum absolute atomic E-state index is 6.17. The van der Waals surface area contributed by atoms with Crippen molar-refractivity contribution in [1.82, 2.24) is 5.32 Å². The Morgan fingerprint density at radius 2 is 1.75 bits per heavy atom. The first-order chi connectivity index (χ1) is 9.77. The van der Waals surface area contributed by atoms with Crippen molar-refractivity contribution >= 4 is 11.6 Å². The summed E-state index contributed by atoms with van der Waals surface area (Å²) in [6.07, 6.45) is 0.962. The van der Waals surface area contributed by atoms with Gasteiger partial charge in [0.05, 0.1) is 6.61 Å².